The molecule has 0 atom stereocenters. The predicted octanol–water partition coefficient (Wildman–Crippen LogP) is 2.88. The maximum atomic E-state index is 11.9. The summed E-state index contributed by atoms with van der Waals surface area (Å²) in [5, 5.41) is 1.96. The van der Waals surface area contributed by atoms with Gasteiger partial charge in [0.1, 0.15) is 0 Å². The molecule has 1 aliphatic carbocycles. The molecule has 0 aromatic rings. The molecule has 94 valence electrons. The zero-order valence-electron chi connectivity index (χ0n) is 9.44. The highest BCUT2D eigenvalue weighted by Gasteiger charge is 2.38. The van der Waals surface area contributed by atoms with Gasteiger partial charge in [0.2, 0.25) is 0 Å². The molecule has 16 heavy (non-hydrogen) atoms. The van der Waals surface area contributed by atoms with Crippen molar-refractivity contribution in [2.75, 3.05) is 6.54 Å². The standard InChI is InChI=1S/C11H18F3NO/c1-2-8-3-5-9(6-4-8)7-15-10(16)11(12,13)14/h8-9H,2-7H2,1H3,(H,15,16). The first-order chi connectivity index (χ1) is 7.43. The lowest BCUT2D eigenvalue weighted by atomic mass is 9.81. The van der Waals surface area contributed by atoms with Crippen LogP contribution in [0.15, 0.2) is 0 Å². The Kier molecular flexibility index (Phi) is 4.62. The van der Waals surface area contributed by atoms with E-state index in [1.807, 2.05) is 5.32 Å². The van der Waals surface area contributed by atoms with Gasteiger partial charge in [-0.05, 0) is 24.7 Å². The Morgan fingerprint density at radius 1 is 1.19 bits per heavy atom. The molecule has 1 rings (SSSR count). The van der Waals surface area contributed by atoms with Crippen LogP contribution in [0.2, 0.25) is 0 Å². The van der Waals surface area contributed by atoms with Crippen molar-refractivity contribution in [3.8, 4) is 0 Å². The summed E-state index contributed by atoms with van der Waals surface area (Å²) in [4.78, 5) is 10.6. The molecule has 0 bridgehead atoms. The van der Waals surface area contributed by atoms with Crippen LogP contribution in [-0.2, 0) is 4.79 Å². The maximum absolute atomic E-state index is 11.9. The minimum atomic E-state index is -4.75. The summed E-state index contributed by atoms with van der Waals surface area (Å²) in [7, 11) is 0. The van der Waals surface area contributed by atoms with E-state index in [4.69, 9.17) is 0 Å². The number of rotatable bonds is 3. The lowest BCUT2D eigenvalue weighted by Crippen LogP contribution is -2.40. The van der Waals surface area contributed by atoms with Gasteiger partial charge in [0.25, 0.3) is 0 Å². The molecule has 0 saturated heterocycles. The second kappa shape index (κ2) is 5.55. The first-order valence-electron chi connectivity index (χ1n) is 5.78. The Morgan fingerprint density at radius 3 is 2.12 bits per heavy atom. The van der Waals surface area contributed by atoms with Crippen LogP contribution in [0.1, 0.15) is 39.0 Å². The fourth-order valence-corrected chi connectivity index (χ4v) is 2.18. The molecule has 2 nitrogen and oxygen atoms in total. The van der Waals surface area contributed by atoms with Crippen LogP contribution < -0.4 is 5.32 Å². The molecule has 0 unspecified atom stereocenters. The third-order valence-electron chi connectivity index (χ3n) is 3.35. The highest BCUT2D eigenvalue weighted by atomic mass is 19.4. The molecule has 0 radical (unpaired) electrons. The van der Waals surface area contributed by atoms with Crippen molar-refractivity contribution in [2.24, 2.45) is 11.8 Å². The van der Waals surface area contributed by atoms with Gasteiger partial charge in [-0.1, -0.05) is 26.2 Å². The number of alkyl halides is 3. The van der Waals surface area contributed by atoms with E-state index in [1.165, 1.54) is 0 Å². The smallest absolute Gasteiger partial charge is 0.348 e. The van der Waals surface area contributed by atoms with Gasteiger partial charge in [-0.15, -0.1) is 0 Å². The lowest BCUT2D eigenvalue weighted by molar-refractivity contribution is -0.173. The van der Waals surface area contributed by atoms with Crippen molar-refractivity contribution in [3.63, 3.8) is 0 Å². The van der Waals surface area contributed by atoms with Crippen molar-refractivity contribution < 1.29 is 18.0 Å². The molecule has 5 heteroatoms. The zero-order chi connectivity index (χ0) is 12.2. The Hall–Kier alpha value is -0.740. The summed E-state index contributed by atoms with van der Waals surface area (Å²) in [5.41, 5.74) is 0. The normalized spacial score (nSPS) is 26.5. The molecule has 0 heterocycles. The summed E-state index contributed by atoms with van der Waals surface area (Å²) in [5.74, 6) is -0.881. The van der Waals surface area contributed by atoms with E-state index in [0.29, 0.717) is 0 Å². The van der Waals surface area contributed by atoms with Gasteiger partial charge in [-0.2, -0.15) is 13.2 Å². The Morgan fingerprint density at radius 2 is 1.69 bits per heavy atom. The number of carbonyl (C=O) groups excluding carboxylic acids is 1. The SMILES string of the molecule is CCC1CCC(CNC(=O)C(F)(F)F)CC1. The minimum Gasteiger partial charge on any atom is -0.348 e. The molecule has 1 saturated carbocycles. The summed E-state index contributed by atoms with van der Waals surface area (Å²) in [6, 6.07) is 0. The third-order valence-corrected chi connectivity index (χ3v) is 3.35. The molecular weight excluding hydrogens is 219 g/mol. The molecule has 0 aliphatic heterocycles. The van der Waals surface area contributed by atoms with E-state index >= 15 is 0 Å². The average Bonchev–Trinajstić information content (AvgIpc) is 2.25. The third kappa shape index (κ3) is 4.02. The average molecular weight is 237 g/mol. The molecule has 1 amide bonds. The van der Waals surface area contributed by atoms with E-state index in [1.54, 1.807) is 0 Å². The summed E-state index contributed by atoms with van der Waals surface area (Å²) < 4.78 is 35.7. The molecular formula is C11H18F3NO. The number of nitrogens with one attached hydrogen (secondary N) is 1. The van der Waals surface area contributed by atoms with Gasteiger partial charge in [-0.25, -0.2) is 0 Å². The largest absolute Gasteiger partial charge is 0.471 e. The lowest BCUT2D eigenvalue weighted by Gasteiger charge is -2.27. The fourth-order valence-electron chi connectivity index (χ4n) is 2.18. The molecule has 0 spiro atoms. The van der Waals surface area contributed by atoms with Crippen LogP contribution in [0.25, 0.3) is 0 Å². The van der Waals surface area contributed by atoms with Crippen LogP contribution in [0.3, 0.4) is 0 Å². The van der Waals surface area contributed by atoms with Gasteiger partial charge >= 0.3 is 12.1 Å². The number of amides is 1. The molecule has 1 aliphatic rings. The molecule has 0 aromatic heterocycles. The van der Waals surface area contributed by atoms with Gasteiger partial charge < -0.3 is 5.32 Å². The van der Waals surface area contributed by atoms with Crippen LogP contribution >= 0.6 is 0 Å². The van der Waals surface area contributed by atoms with Crippen LogP contribution in [-0.4, -0.2) is 18.6 Å². The number of halogens is 3. The van der Waals surface area contributed by atoms with Crippen molar-refractivity contribution >= 4 is 5.91 Å². The first kappa shape index (κ1) is 13.3. The number of hydrogen-bond donors (Lipinski definition) is 1. The van der Waals surface area contributed by atoms with E-state index in [0.717, 1.165) is 38.0 Å². The van der Waals surface area contributed by atoms with Crippen LogP contribution in [0, 0.1) is 11.8 Å². The highest BCUT2D eigenvalue weighted by molar-refractivity contribution is 5.81. The molecule has 1 N–H and O–H groups in total. The number of hydrogen-bond acceptors (Lipinski definition) is 1. The van der Waals surface area contributed by atoms with E-state index in [9.17, 15) is 18.0 Å². The highest BCUT2D eigenvalue weighted by Crippen LogP contribution is 2.30. The van der Waals surface area contributed by atoms with Crippen molar-refractivity contribution in [2.45, 2.75) is 45.2 Å². The van der Waals surface area contributed by atoms with Gasteiger partial charge in [-0.3, -0.25) is 4.79 Å². The monoisotopic (exact) mass is 237 g/mol. The zero-order valence-corrected chi connectivity index (χ0v) is 9.44. The first-order valence-corrected chi connectivity index (χ1v) is 5.78. The Bertz CT molecular complexity index is 232. The van der Waals surface area contributed by atoms with Crippen LogP contribution in [0.5, 0.6) is 0 Å². The van der Waals surface area contributed by atoms with Crippen LogP contribution in [0.4, 0.5) is 13.2 Å². The van der Waals surface area contributed by atoms with Gasteiger partial charge in [0.05, 0.1) is 0 Å². The second-order valence-electron chi connectivity index (χ2n) is 4.50. The Labute approximate surface area is 93.6 Å². The molecule has 0 aromatic carbocycles. The molecule has 1 fully saturated rings. The maximum Gasteiger partial charge on any atom is 0.471 e. The van der Waals surface area contributed by atoms with Crippen molar-refractivity contribution in [3.05, 3.63) is 0 Å². The topological polar surface area (TPSA) is 29.1 Å². The van der Waals surface area contributed by atoms with Gasteiger partial charge in [0.15, 0.2) is 0 Å². The van der Waals surface area contributed by atoms with E-state index < -0.39 is 12.1 Å². The quantitative estimate of drug-likeness (QED) is 0.803. The summed E-state index contributed by atoms with van der Waals surface area (Å²) in [6.07, 6.45) is 0.391. The Balaban J connectivity index is 2.22. The number of carbonyl (C=O) groups is 1. The van der Waals surface area contributed by atoms with Crippen molar-refractivity contribution in [1.29, 1.82) is 0 Å². The second-order valence-corrected chi connectivity index (χ2v) is 4.50. The van der Waals surface area contributed by atoms with E-state index in [2.05, 4.69) is 6.92 Å². The summed E-state index contributed by atoms with van der Waals surface area (Å²) >= 11 is 0. The van der Waals surface area contributed by atoms with Crippen molar-refractivity contribution in [1.82, 2.24) is 5.32 Å². The van der Waals surface area contributed by atoms with Gasteiger partial charge in [0, 0.05) is 6.54 Å². The predicted molar refractivity (Wildman–Crippen MR) is 54.8 cm³/mol. The van der Waals surface area contributed by atoms with E-state index in [-0.39, 0.29) is 12.5 Å². The summed E-state index contributed by atoms with van der Waals surface area (Å²) in [6.45, 7) is 2.30. The minimum absolute atomic E-state index is 0.161. The fraction of sp³-hybridized carbons (Fsp3) is 0.909.